The number of carbonyl (C=O) groups is 1. The first-order valence-electron chi connectivity index (χ1n) is 7.61. The SMILES string of the molecule is COC(=O)CCCS(=O)(=O)N1CCCCCC1CC(C)O. The maximum Gasteiger partial charge on any atom is 0.305 e. The molecule has 0 radical (unpaired) electrons. The maximum atomic E-state index is 12.5. The quantitative estimate of drug-likeness (QED) is 0.714. The van der Waals surface area contributed by atoms with Crippen LogP contribution in [0.4, 0.5) is 0 Å². The van der Waals surface area contributed by atoms with Crippen LogP contribution in [0.2, 0.25) is 0 Å². The van der Waals surface area contributed by atoms with E-state index in [2.05, 4.69) is 4.74 Å². The van der Waals surface area contributed by atoms with Crippen LogP contribution < -0.4 is 0 Å². The molecule has 1 aliphatic heterocycles. The number of esters is 1. The molecule has 0 aliphatic carbocycles. The predicted octanol–water partition coefficient (Wildman–Crippen LogP) is 1.28. The van der Waals surface area contributed by atoms with Crippen LogP contribution in [-0.2, 0) is 19.6 Å². The second kappa shape index (κ2) is 8.70. The number of hydrogen-bond donors (Lipinski definition) is 1. The molecule has 0 bridgehead atoms. The summed E-state index contributed by atoms with van der Waals surface area (Å²) in [6, 6.07) is -0.129. The second-order valence-corrected chi connectivity index (χ2v) is 7.74. The summed E-state index contributed by atoms with van der Waals surface area (Å²) in [5, 5.41) is 9.58. The number of sulfonamides is 1. The van der Waals surface area contributed by atoms with E-state index in [0.29, 0.717) is 13.0 Å². The zero-order valence-corrected chi connectivity index (χ0v) is 13.8. The highest BCUT2D eigenvalue weighted by Gasteiger charge is 2.31. The second-order valence-electron chi connectivity index (χ2n) is 5.69. The van der Waals surface area contributed by atoms with Gasteiger partial charge in [-0.05, 0) is 32.6 Å². The van der Waals surface area contributed by atoms with E-state index >= 15 is 0 Å². The van der Waals surface area contributed by atoms with Crippen molar-refractivity contribution in [3.05, 3.63) is 0 Å². The van der Waals surface area contributed by atoms with Crippen molar-refractivity contribution >= 4 is 16.0 Å². The van der Waals surface area contributed by atoms with Gasteiger partial charge in [-0.3, -0.25) is 4.79 Å². The zero-order chi connectivity index (χ0) is 15.9. The third-order valence-electron chi connectivity index (χ3n) is 3.80. The Balaban J connectivity index is 2.68. The average molecular weight is 321 g/mol. The number of rotatable bonds is 7. The van der Waals surface area contributed by atoms with Crippen molar-refractivity contribution in [2.24, 2.45) is 0 Å². The van der Waals surface area contributed by atoms with Crippen LogP contribution in [0.3, 0.4) is 0 Å². The molecule has 124 valence electrons. The van der Waals surface area contributed by atoms with E-state index in [1.54, 1.807) is 11.2 Å². The lowest BCUT2D eigenvalue weighted by Crippen LogP contribution is -2.42. The minimum Gasteiger partial charge on any atom is -0.469 e. The molecule has 2 unspecified atom stereocenters. The fourth-order valence-corrected chi connectivity index (χ4v) is 4.56. The number of nitrogens with zero attached hydrogens (tertiary/aromatic N) is 1. The number of aliphatic hydroxyl groups is 1. The summed E-state index contributed by atoms with van der Waals surface area (Å²) < 4.78 is 31.1. The van der Waals surface area contributed by atoms with Gasteiger partial charge in [0.1, 0.15) is 0 Å². The van der Waals surface area contributed by atoms with E-state index in [9.17, 15) is 18.3 Å². The lowest BCUT2D eigenvalue weighted by atomic mass is 10.1. The van der Waals surface area contributed by atoms with Gasteiger partial charge in [0.2, 0.25) is 10.0 Å². The zero-order valence-electron chi connectivity index (χ0n) is 13.0. The number of hydrogen-bond acceptors (Lipinski definition) is 5. The van der Waals surface area contributed by atoms with E-state index in [-0.39, 0.29) is 30.6 Å². The molecule has 1 aliphatic rings. The summed E-state index contributed by atoms with van der Waals surface area (Å²) in [6.07, 6.45) is 4.00. The van der Waals surface area contributed by atoms with Gasteiger partial charge >= 0.3 is 5.97 Å². The third-order valence-corrected chi connectivity index (χ3v) is 5.80. The third kappa shape index (κ3) is 6.32. The summed E-state index contributed by atoms with van der Waals surface area (Å²) in [7, 11) is -2.09. The first-order chi connectivity index (χ1) is 9.86. The number of carbonyl (C=O) groups excluding carboxylic acids is 1. The highest BCUT2D eigenvalue weighted by Crippen LogP contribution is 2.24. The summed E-state index contributed by atoms with van der Waals surface area (Å²) in [5.41, 5.74) is 0. The average Bonchev–Trinajstić information content (AvgIpc) is 2.63. The molecule has 0 aromatic carbocycles. The largest absolute Gasteiger partial charge is 0.469 e. The fourth-order valence-electron chi connectivity index (χ4n) is 2.76. The van der Waals surface area contributed by atoms with Gasteiger partial charge in [-0.2, -0.15) is 4.31 Å². The first kappa shape index (κ1) is 18.4. The van der Waals surface area contributed by atoms with Crippen LogP contribution in [0.1, 0.15) is 51.9 Å². The van der Waals surface area contributed by atoms with Gasteiger partial charge in [0, 0.05) is 19.0 Å². The Morgan fingerprint density at radius 1 is 1.38 bits per heavy atom. The van der Waals surface area contributed by atoms with Gasteiger partial charge in [-0.15, -0.1) is 0 Å². The monoisotopic (exact) mass is 321 g/mol. The van der Waals surface area contributed by atoms with Crippen molar-refractivity contribution < 1.29 is 23.1 Å². The Hall–Kier alpha value is -0.660. The van der Waals surface area contributed by atoms with E-state index in [0.717, 1.165) is 25.7 Å². The summed E-state index contributed by atoms with van der Waals surface area (Å²) in [6.45, 7) is 2.20. The molecule has 0 amide bonds. The molecule has 1 heterocycles. The molecule has 21 heavy (non-hydrogen) atoms. The molecule has 1 rings (SSSR count). The minimum absolute atomic E-state index is 0.0432. The van der Waals surface area contributed by atoms with Crippen LogP contribution >= 0.6 is 0 Å². The van der Waals surface area contributed by atoms with E-state index < -0.39 is 16.1 Å². The highest BCUT2D eigenvalue weighted by atomic mass is 32.2. The van der Waals surface area contributed by atoms with Crippen molar-refractivity contribution in [2.75, 3.05) is 19.4 Å². The molecular weight excluding hydrogens is 294 g/mol. The molecule has 0 aromatic rings. The summed E-state index contributed by atoms with van der Waals surface area (Å²) in [5.74, 6) is -0.431. The Labute approximate surface area is 127 Å². The van der Waals surface area contributed by atoms with Gasteiger partial charge in [-0.25, -0.2) is 8.42 Å². The van der Waals surface area contributed by atoms with Gasteiger partial charge < -0.3 is 9.84 Å². The van der Waals surface area contributed by atoms with Crippen molar-refractivity contribution in [3.8, 4) is 0 Å². The molecule has 2 atom stereocenters. The predicted molar refractivity (Wildman–Crippen MR) is 80.3 cm³/mol. The van der Waals surface area contributed by atoms with E-state index in [1.165, 1.54) is 7.11 Å². The van der Waals surface area contributed by atoms with Gasteiger partial charge in [0.05, 0.1) is 19.0 Å². The Kier molecular flexibility index (Phi) is 7.62. The highest BCUT2D eigenvalue weighted by molar-refractivity contribution is 7.89. The normalized spacial score (nSPS) is 22.5. The van der Waals surface area contributed by atoms with E-state index in [4.69, 9.17) is 0 Å². The van der Waals surface area contributed by atoms with Crippen molar-refractivity contribution in [1.29, 1.82) is 0 Å². The standard InChI is InChI=1S/C14H27NO5S/c1-12(16)11-13-7-4-3-5-9-15(13)21(18,19)10-6-8-14(17)20-2/h12-13,16H,3-11H2,1-2H3. The van der Waals surface area contributed by atoms with E-state index in [1.807, 2.05) is 0 Å². The summed E-state index contributed by atoms with van der Waals surface area (Å²) >= 11 is 0. The summed E-state index contributed by atoms with van der Waals surface area (Å²) in [4.78, 5) is 11.1. The number of methoxy groups -OCH3 is 1. The van der Waals surface area contributed by atoms with Crippen LogP contribution in [0.5, 0.6) is 0 Å². The molecule has 0 saturated carbocycles. The Morgan fingerprint density at radius 2 is 2.10 bits per heavy atom. The van der Waals surface area contributed by atoms with Crippen LogP contribution in [0, 0.1) is 0 Å². The fraction of sp³-hybridized carbons (Fsp3) is 0.929. The van der Waals surface area contributed by atoms with Crippen LogP contribution in [-0.4, -0.2) is 55.4 Å². The number of aliphatic hydroxyl groups excluding tert-OH is 1. The molecule has 7 heteroatoms. The lowest BCUT2D eigenvalue weighted by molar-refractivity contribution is -0.140. The first-order valence-corrected chi connectivity index (χ1v) is 9.22. The molecule has 1 saturated heterocycles. The van der Waals surface area contributed by atoms with Crippen LogP contribution in [0.25, 0.3) is 0 Å². The van der Waals surface area contributed by atoms with Gasteiger partial charge in [-0.1, -0.05) is 12.8 Å². The molecular formula is C14H27NO5S. The van der Waals surface area contributed by atoms with Crippen LogP contribution in [0.15, 0.2) is 0 Å². The maximum absolute atomic E-state index is 12.5. The topological polar surface area (TPSA) is 83.9 Å². The Morgan fingerprint density at radius 3 is 2.71 bits per heavy atom. The van der Waals surface area contributed by atoms with Gasteiger partial charge in [0.15, 0.2) is 0 Å². The number of ether oxygens (including phenoxy) is 1. The molecule has 6 nitrogen and oxygen atoms in total. The van der Waals surface area contributed by atoms with Gasteiger partial charge in [0.25, 0.3) is 0 Å². The van der Waals surface area contributed by atoms with Crippen molar-refractivity contribution in [3.63, 3.8) is 0 Å². The smallest absolute Gasteiger partial charge is 0.305 e. The molecule has 1 fully saturated rings. The molecule has 0 aromatic heterocycles. The van der Waals surface area contributed by atoms with Crippen molar-refractivity contribution in [2.45, 2.75) is 64.0 Å². The minimum atomic E-state index is -3.39. The molecule has 0 spiro atoms. The lowest BCUT2D eigenvalue weighted by Gasteiger charge is -2.30. The molecule has 1 N–H and O–H groups in total. The Bertz CT molecular complexity index is 421. The van der Waals surface area contributed by atoms with Crippen molar-refractivity contribution in [1.82, 2.24) is 4.31 Å².